The molecule has 1 fully saturated rings. The molecule has 2 aliphatic heterocycles. The predicted octanol–water partition coefficient (Wildman–Crippen LogP) is 3.64. The van der Waals surface area contributed by atoms with Gasteiger partial charge in [-0.3, -0.25) is 4.79 Å². The Kier molecular flexibility index (Phi) is 6.25. The molecule has 0 aliphatic carbocycles. The summed E-state index contributed by atoms with van der Waals surface area (Å²) in [5.74, 6) is -0.0703. The molecule has 0 unspecified atom stereocenters. The van der Waals surface area contributed by atoms with E-state index in [2.05, 4.69) is 13.0 Å². The van der Waals surface area contributed by atoms with E-state index in [1.165, 1.54) is 5.56 Å². The smallest absolute Gasteiger partial charge is 0.231 e. The standard InChI is InChI=1S/C24H30N2O3S/c1-19-17-21-12-5-6-14-23(21)26(19)24(27)22-13-7-15-25(18-22)30(28,29)16-8-11-20-9-3-2-4-10-20/h2-6,9-10,12,14,19,22H,7-8,11,13,15-18H2,1H3/t19-,22+/m1/s1. The molecule has 0 saturated carbocycles. The summed E-state index contributed by atoms with van der Waals surface area (Å²) in [5, 5.41) is 0. The lowest BCUT2D eigenvalue weighted by Crippen LogP contribution is -2.48. The number of carbonyl (C=O) groups excluding carboxylic acids is 1. The van der Waals surface area contributed by atoms with Gasteiger partial charge in [-0.15, -0.1) is 0 Å². The number of hydrogen-bond donors (Lipinski definition) is 0. The number of piperidine rings is 1. The predicted molar refractivity (Wildman–Crippen MR) is 120 cm³/mol. The Morgan fingerprint density at radius 2 is 1.80 bits per heavy atom. The zero-order chi connectivity index (χ0) is 21.1. The number of rotatable bonds is 6. The second-order valence-electron chi connectivity index (χ2n) is 8.49. The van der Waals surface area contributed by atoms with Gasteiger partial charge in [0.15, 0.2) is 0 Å². The van der Waals surface area contributed by atoms with Crippen molar-refractivity contribution >= 4 is 21.6 Å². The number of anilines is 1. The zero-order valence-corrected chi connectivity index (χ0v) is 18.4. The van der Waals surface area contributed by atoms with Crippen molar-refractivity contribution in [2.45, 2.75) is 45.1 Å². The molecule has 2 aromatic carbocycles. The van der Waals surface area contributed by atoms with Gasteiger partial charge >= 0.3 is 0 Å². The highest BCUT2D eigenvalue weighted by atomic mass is 32.2. The van der Waals surface area contributed by atoms with Crippen molar-refractivity contribution < 1.29 is 13.2 Å². The summed E-state index contributed by atoms with van der Waals surface area (Å²) in [6.07, 6.45) is 3.69. The SMILES string of the molecule is C[C@@H]1Cc2ccccc2N1C(=O)[C@H]1CCCN(S(=O)(=O)CCCc2ccccc2)C1. The van der Waals surface area contributed by atoms with Crippen LogP contribution in [0.1, 0.15) is 37.3 Å². The molecule has 160 valence electrons. The van der Waals surface area contributed by atoms with Crippen molar-refractivity contribution in [2.24, 2.45) is 5.92 Å². The number of aryl methyl sites for hydroxylation is 1. The molecule has 1 saturated heterocycles. The number of benzene rings is 2. The van der Waals surface area contributed by atoms with Crippen LogP contribution >= 0.6 is 0 Å². The van der Waals surface area contributed by atoms with E-state index in [0.717, 1.165) is 36.9 Å². The summed E-state index contributed by atoms with van der Waals surface area (Å²) in [5.41, 5.74) is 3.33. The first kappa shape index (κ1) is 21.1. The maximum Gasteiger partial charge on any atom is 0.231 e. The Hall–Kier alpha value is -2.18. The van der Waals surface area contributed by atoms with E-state index >= 15 is 0 Å². The molecule has 2 aliphatic rings. The van der Waals surface area contributed by atoms with Gasteiger partial charge in [-0.25, -0.2) is 12.7 Å². The molecule has 2 heterocycles. The van der Waals surface area contributed by atoms with Gasteiger partial charge in [0.05, 0.1) is 11.7 Å². The molecule has 0 radical (unpaired) electrons. The van der Waals surface area contributed by atoms with E-state index in [9.17, 15) is 13.2 Å². The lowest BCUT2D eigenvalue weighted by atomic mass is 9.97. The minimum Gasteiger partial charge on any atom is -0.309 e. The summed E-state index contributed by atoms with van der Waals surface area (Å²) in [6.45, 7) is 2.89. The number of fused-ring (bicyclic) bond motifs is 1. The van der Waals surface area contributed by atoms with Gasteiger partial charge in [-0.05, 0) is 56.2 Å². The molecule has 30 heavy (non-hydrogen) atoms. The van der Waals surface area contributed by atoms with Crippen LogP contribution in [0.25, 0.3) is 0 Å². The van der Waals surface area contributed by atoms with E-state index < -0.39 is 10.0 Å². The third kappa shape index (κ3) is 4.44. The highest BCUT2D eigenvalue weighted by Crippen LogP contribution is 2.34. The summed E-state index contributed by atoms with van der Waals surface area (Å²) in [7, 11) is -3.35. The number of hydrogen-bond acceptors (Lipinski definition) is 3. The van der Waals surface area contributed by atoms with Crippen LogP contribution < -0.4 is 4.90 Å². The first-order valence-corrected chi connectivity index (χ1v) is 12.5. The Labute approximate surface area is 179 Å². The van der Waals surface area contributed by atoms with Crippen LogP contribution in [0.5, 0.6) is 0 Å². The van der Waals surface area contributed by atoms with Crippen molar-refractivity contribution in [3.8, 4) is 0 Å². The van der Waals surface area contributed by atoms with Crippen molar-refractivity contribution in [2.75, 3.05) is 23.7 Å². The second kappa shape index (κ2) is 8.90. The Balaban J connectivity index is 1.39. The van der Waals surface area contributed by atoms with E-state index in [4.69, 9.17) is 0 Å². The first-order chi connectivity index (χ1) is 14.5. The van der Waals surface area contributed by atoms with Crippen LogP contribution in [-0.2, 0) is 27.7 Å². The molecule has 1 amide bonds. The maximum absolute atomic E-state index is 13.3. The van der Waals surface area contributed by atoms with Gasteiger partial charge in [-0.1, -0.05) is 48.5 Å². The quantitative estimate of drug-likeness (QED) is 0.709. The van der Waals surface area contributed by atoms with Crippen molar-refractivity contribution in [3.63, 3.8) is 0 Å². The number of sulfonamides is 1. The van der Waals surface area contributed by atoms with Crippen LogP contribution in [0.2, 0.25) is 0 Å². The van der Waals surface area contributed by atoms with Crippen molar-refractivity contribution in [3.05, 3.63) is 65.7 Å². The molecule has 0 bridgehead atoms. The average molecular weight is 427 g/mol. The molecular weight excluding hydrogens is 396 g/mol. The van der Waals surface area contributed by atoms with Gasteiger partial charge in [-0.2, -0.15) is 0 Å². The summed E-state index contributed by atoms with van der Waals surface area (Å²) in [4.78, 5) is 15.2. The summed E-state index contributed by atoms with van der Waals surface area (Å²) < 4.78 is 27.4. The normalized spacial score (nSPS) is 22.1. The third-order valence-electron chi connectivity index (χ3n) is 6.28. The van der Waals surface area contributed by atoms with Gasteiger partial charge in [0.25, 0.3) is 0 Å². The fourth-order valence-electron chi connectivity index (χ4n) is 4.73. The van der Waals surface area contributed by atoms with Crippen molar-refractivity contribution in [1.29, 1.82) is 0 Å². The van der Waals surface area contributed by atoms with E-state index in [0.29, 0.717) is 19.5 Å². The minimum absolute atomic E-state index is 0.0663. The van der Waals surface area contributed by atoms with E-state index in [1.807, 2.05) is 53.4 Å². The molecule has 2 aromatic rings. The van der Waals surface area contributed by atoms with Crippen LogP contribution in [-0.4, -0.2) is 43.5 Å². The van der Waals surface area contributed by atoms with E-state index in [1.54, 1.807) is 4.31 Å². The van der Waals surface area contributed by atoms with Crippen LogP contribution in [0.4, 0.5) is 5.69 Å². The van der Waals surface area contributed by atoms with Gasteiger partial charge in [0, 0.05) is 24.8 Å². The molecule has 0 spiro atoms. The molecule has 6 heteroatoms. The average Bonchev–Trinajstić information content (AvgIpc) is 3.09. The molecule has 5 nitrogen and oxygen atoms in total. The summed E-state index contributed by atoms with van der Waals surface area (Å²) >= 11 is 0. The number of para-hydroxylation sites is 1. The number of carbonyl (C=O) groups is 1. The van der Waals surface area contributed by atoms with Gasteiger partial charge in [0.2, 0.25) is 15.9 Å². The van der Waals surface area contributed by atoms with Gasteiger partial charge < -0.3 is 4.90 Å². The molecule has 0 N–H and O–H groups in total. The zero-order valence-electron chi connectivity index (χ0n) is 17.5. The lowest BCUT2D eigenvalue weighted by molar-refractivity contribution is -0.123. The Bertz CT molecular complexity index is 991. The van der Waals surface area contributed by atoms with Gasteiger partial charge in [0.1, 0.15) is 0 Å². The van der Waals surface area contributed by atoms with Crippen LogP contribution in [0.15, 0.2) is 54.6 Å². The maximum atomic E-state index is 13.3. The molecule has 4 rings (SSSR count). The highest BCUT2D eigenvalue weighted by molar-refractivity contribution is 7.89. The minimum atomic E-state index is -3.35. The van der Waals surface area contributed by atoms with Crippen LogP contribution in [0.3, 0.4) is 0 Å². The summed E-state index contributed by atoms with van der Waals surface area (Å²) in [6, 6.07) is 18.1. The fourth-order valence-corrected chi connectivity index (χ4v) is 6.31. The highest BCUT2D eigenvalue weighted by Gasteiger charge is 2.38. The molecule has 0 aromatic heterocycles. The number of nitrogens with zero attached hydrogens (tertiary/aromatic N) is 2. The monoisotopic (exact) mass is 426 g/mol. The topological polar surface area (TPSA) is 57.7 Å². The first-order valence-electron chi connectivity index (χ1n) is 10.9. The lowest BCUT2D eigenvalue weighted by Gasteiger charge is -2.34. The fraction of sp³-hybridized carbons (Fsp3) is 0.458. The van der Waals surface area contributed by atoms with E-state index in [-0.39, 0.29) is 23.6 Å². The second-order valence-corrected chi connectivity index (χ2v) is 10.6. The third-order valence-corrected chi connectivity index (χ3v) is 8.21. The molecule has 2 atom stereocenters. The number of amides is 1. The Morgan fingerprint density at radius 1 is 1.07 bits per heavy atom. The van der Waals surface area contributed by atoms with Crippen molar-refractivity contribution in [1.82, 2.24) is 4.31 Å². The molecular formula is C24H30N2O3S. The Morgan fingerprint density at radius 3 is 2.60 bits per heavy atom. The van der Waals surface area contributed by atoms with Crippen LogP contribution in [0, 0.1) is 5.92 Å². The largest absolute Gasteiger partial charge is 0.309 e.